The number of nitriles is 1. The Labute approximate surface area is 156 Å². The number of nitrogens with two attached hydrogens (primary N) is 1. The third kappa shape index (κ3) is 2.70. The Hall–Kier alpha value is -3.72. The number of nitrogens with zero attached hydrogens (tertiary/aromatic N) is 2. The highest BCUT2D eigenvalue weighted by molar-refractivity contribution is 5.71. The molecule has 134 valence electrons. The lowest BCUT2D eigenvalue weighted by Crippen LogP contribution is -2.21. The zero-order valence-electron chi connectivity index (χ0n) is 15.0. The van der Waals surface area contributed by atoms with Gasteiger partial charge in [0.15, 0.2) is 0 Å². The molecule has 1 aliphatic rings. The average Bonchev–Trinajstić information content (AvgIpc) is 3.11. The molecular formula is C21H18N4O2. The number of hydrogen-bond acceptors (Lipinski definition) is 5. The Bertz CT molecular complexity index is 1070. The van der Waals surface area contributed by atoms with Crippen molar-refractivity contribution in [3.05, 3.63) is 76.7 Å². The topological polar surface area (TPSA) is 97.0 Å². The second-order valence-corrected chi connectivity index (χ2v) is 6.33. The second-order valence-electron chi connectivity index (χ2n) is 6.33. The summed E-state index contributed by atoms with van der Waals surface area (Å²) in [6.07, 6.45) is 0. The molecule has 0 saturated carbocycles. The molecule has 2 aromatic carbocycles. The van der Waals surface area contributed by atoms with Gasteiger partial charge in [-0.25, -0.2) is 0 Å². The lowest BCUT2D eigenvalue weighted by molar-refractivity contribution is 0.379. The summed E-state index contributed by atoms with van der Waals surface area (Å²) in [6, 6.07) is 17.8. The van der Waals surface area contributed by atoms with Crippen LogP contribution in [0.15, 0.2) is 60.0 Å². The molecule has 6 nitrogen and oxygen atoms in total. The average molecular weight is 358 g/mol. The number of aryl methyl sites for hydroxylation is 1. The molecule has 0 unspecified atom stereocenters. The van der Waals surface area contributed by atoms with Crippen molar-refractivity contribution >= 4 is 0 Å². The highest BCUT2D eigenvalue weighted by Gasteiger charge is 2.36. The summed E-state index contributed by atoms with van der Waals surface area (Å²) in [5.74, 6) is 0.896. The molecule has 3 N–H and O–H groups in total. The zero-order chi connectivity index (χ0) is 19.0. The Kier molecular flexibility index (Phi) is 4.05. The van der Waals surface area contributed by atoms with Crippen molar-refractivity contribution in [2.45, 2.75) is 12.8 Å². The van der Waals surface area contributed by atoms with Gasteiger partial charge in [0.2, 0.25) is 11.8 Å². The van der Waals surface area contributed by atoms with Gasteiger partial charge in [0.1, 0.15) is 17.4 Å². The molecule has 0 amide bonds. The van der Waals surface area contributed by atoms with Gasteiger partial charge in [0.25, 0.3) is 0 Å². The van der Waals surface area contributed by atoms with E-state index in [2.05, 4.69) is 16.3 Å². The quantitative estimate of drug-likeness (QED) is 0.745. The standard InChI is InChI=1S/C21H18N4O2/c1-12-5-3-4-6-15(12)17-16(11-22)20(23)27-21-18(17)19(24-25-21)13-7-9-14(26-2)10-8-13/h3-10,17H,23H2,1-2H3,(H,24,25)/t17-/m1/s1. The number of rotatable bonds is 3. The summed E-state index contributed by atoms with van der Waals surface area (Å²) in [6.45, 7) is 2.02. The van der Waals surface area contributed by atoms with E-state index in [-0.39, 0.29) is 11.8 Å². The molecule has 6 heteroatoms. The molecule has 0 spiro atoms. The van der Waals surface area contributed by atoms with Gasteiger partial charge < -0.3 is 15.2 Å². The molecule has 1 atom stereocenters. The number of benzene rings is 2. The number of hydrogen-bond donors (Lipinski definition) is 2. The molecular weight excluding hydrogens is 340 g/mol. The van der Waals surface area contributed by atoms with Gasteiger partial charge in [-0.15, -0.1) is 5.10 Å². The fourth-order valence-electron chi connectivity index (χ4n) is 3.44. The SMILES string of the molecule is COc1ccc(-c2[nH]nc3c2[C@H](c2ccccc2C)C(C#N)=C(N)O3)cc1. The van der Waals surface area contributed by atoms with E-state index in [1.165, 1.54) is 0 Å². The predicted molar refractivity (Wildman–Crippen MR) is 101 cm³/mol. The van der Waals surface area contributed by atoms with Gasteiger partial charge in [-0.05, 0) is 42.3 Å². The van der Waals surface area contributed by atoms with Crippen molar-refractivity contribution in [1.82, 2.24) is 10.2 Å². The van der Waals surface area contributed by atoms with E-state index in [4.69, 9.17) is 15.2 Å². The Morgan fingerprint density at radius 3 is 2.59 bits per heavy atom. The van der Waals surface area contributed by atoms with E-state index in [1.54, 1.807) is 7.11 Å². The molecule has 3 aromatic rings. The number of nitrogens with one attached hydrogen (secondary N) is 1. The summed E-state index contributed by atoms with van der Waals surface area (Å²) >= 11 is 0. The minimum Gasteiger partial charge on any atom is -0.497 e. The fourth-order valence-corrected chi connectivity index (χ4v) is 3.44. The molecule has 4 rings (SSSR count). The van der Waals surface area contributed by atoms with Crippen molar-refractivity contribution in [3.63, 3.8) is 0 Å². The lowest BCUT2D eigenvalue weighted by atomic mass is 9.81. The maximum Gasteiger partial charge on any atom is 0.244 e. The monoisotopic (exact) mass is 358 g/mol. The van der Waals surface area contributed by atoms with Gasteiger partial charge in [-0.1, -0.05) is 24.3 Å². The Balaban J connectivity index is 1.93. The van der Waals surface area contributed by atoms with Crippen molar-refractivity contribution in [3.8, 4) is 29.0 Å². The van der Waals surface area contributed by atoms with Crippen LogP contribution in [0.5, 0.6) is 11.6 Å². The van der Waals surface area contributed by atoms with Crippen LogP contribution in [0.2, 0.25) is 0 Å². The molecule has 0 saturated heterocycles. The number of aromatic nitrogens is 2. The number of fused-ring (bicyclic) bond motifs is 1. The summed E-state index contributed by atoms with van der Waals surface area (Å²) in [7, 11) is 1.63. The Morgan fingerprint density at radius 1 is 1.19 bits per heavy atom. The van der Waals surface area contributed by atoms with Crippen LogP contribution in [0.25, 0.3) is 11.3 Å². The minimum atomic E-state index is -0.351. The third-order valence-electron chi connectivity index (χ3n) is 4.82. The van der Waals surface area contributed by atoms with Gasteiger partial charge in [0.05, 0.1) is 24.3 Å². The second kappa shape index (κ2) is 6.54. The van der Waals surface area contributed by atoms with Gasteiger partial charge >= 0.3 is 0 Å². The summed E-state index contributed by atoms with van der Waals surface area (Å²) < 4.78 is 10.9. The van der Waals surface area contributed by atoms with E-state index in [0.29, 0.717) is 11.5 Å². The lowest BCUT2D eigenvalue weighted by Gasteiger charge is -2.25. The van der Waals surface area contributed by atoms with E-state index in [0.717, 1.165) is 33.7 Å². The predicted octanol–water partition coefficient (Wildman–Crippen LogP) is 3.61. The van der Waals surface area contributed by atoms with E-state index >= 15 is 0 Å². The largest absolute Gasteiger partial charge is 0.497 e. The van der Waals surface area contributed by atoms with Gasteiger partial charge in [0, 0.05) is 5.56 Å². The first kappa shape index (κ1) is 16.7. The zero-order valence-corrected chi connectivity index (χ0v) is 15.0. The van der Waals surface area contributed by atoms with Crippen LogP contribution in [0.3, 0.4) is 0 Å². The van der Waals surface area contributed by atoms with Crippen LogP contribution in [0, 0.1) is 18.3 Å². The van der Waals surface area contributed by atoms with Crippen molar-refractivity contribution in [2.75, 3.05) is 7.11 Å². The van der Waals surface area contributed by atoms with Crippen LogP contribution in [0.1, 0.15) is 22.6 Å². The van der Waals surface area contributed by atoms with Crippen LogP contribution >= 0.6 is 0 Å². The molecule has 0 aliphatic carbocycles. The van der Waals surface area contributed by atoms with Gasteiger partial charge in [-0.3, -0.25) is 5.10 Å². The number of aromatic amines is 1. The van der Waals surface area contributed by atoms with Crippen LogP contribution in [0.4, 0.5) is 0 Å². The van der Waals surface area contributed by atoms with Crippen molar-refractivity contribution in [2.24, 2.45) is 5.73 Å². The molecule has 2 heterocycles. The first-order valence-corrected chi connectivity index (χ1v) is 8.49. The number of H-pyrrole nitrogens is 1. The van der Waals surface area contributed by atoms with E-state index in [1.807, 2.05) is 55.5 Å². The van der Waals surface area contributed by atoms with Crippen molar-refractivity contribution < 1.29 is 9.47 Å². The third-order valence-corrected chi connectivity index (χ3v) is 4.82. The molecule has 0 bridgehead atoms. The first-order chi connectivity index (χ1) is 13.1. The maximum atomic E-state index is 9.76. The van der Waals surface area contributed by atoms with Crippen LogP contribution in [-0.2, 0) is 0 Å². The number of methoxy groups -OCH3 is 1. The maximum absolute atomic E-state index is 9.76. The number of allylic oxidation sites excluding steroid dienone is 1. The Morgan fingerprint density at radius 2 is 1.93 bits per heavy atom. The molecule has 0 fully saturated rings. The van der Waals surface area contributed by atoms with Gasteiger partial charge in [-0.2, -0.15) is 5.26 Å². The summed E-state index contributed by atoms with van der Waals surface area (Å²) in [5.41, 5.74) is 11.0. The van der Waals surface area contributed by atoms with E-state index in [9.17, 15) is 5.26 Å². The van der Waals surface area contributed by atoms with E-state index < -0.39 is 0 Å². The highest BCUT2D eigenvalue weighted by atomic mass is 16.5. The number of ether oxygens (including phenoxy) is 2. The highest BCUT2D eigenvalue weighted by Crippen LogP contribution is 2.46. The minimum absolute atomic E-state index is 0.0889. The molecule has 27 heavy (non-hydrogen) atoms. The molecule has 1 aliphatic heterocycles. The van der Waals surface area contributed by atoms with Crippen LogP contribution in [-0.4, -0.2) is 17.3 Å². The molecule has 1 aromatic heterocycles. The normalized spacial score (nSPS) is 15.7. The molecule has 0 radical (unpaired) electrons. The first-order valence-electron chi connectivity index (χ1n) is 8.49. The summed E-state index contributed by atoms with van der Waals surface area (Å²) in [4.78, 5) is 0. The summed E-state index contributed by atoms with van der Waals surface area (Å²) in [5, 5.41) is 17.1. The van der Waals surface area contributed by atoms with Crippen LogP contribution < -0.4 is 15.2 Å². The fraction of sp³-hybridized carbons (Fsp3) is 0.143. The van der Waals surface area contributed by atoms with Crippen molar-refractivity contribution in [1.29, 1.82) is 5.26 Å². The smallest absolute Gasteiger partial charge is 0.244 e.